The van der Waals surface area contributed by atoms with Crippen molar-refractivity contribution in [3.63, 3.8) is 0 Å². The van der Waals surface area contributed by atoms with Gasteiger partial charge in [-0.05, 0) is 43.2 Å². The molecule has 1 fully saturated rings. The van der Waals surface area contributed by atoms with Crippen molar-refractivity contribution in [3.8, 4) is 11.5 Å². The molecule has 0 unspecified atom stereocenters. The van der Waals surface area contributed by atoms with Gasteiger partial charge in [-0.1, -0.05) is 43.0 Å². The maximum absolute atomic E-state index is 6.50. The molecule has 0 N–H and O–H groups in total. The van der Waals surface area contributed by atoms with Crippen LogP contribution < -0.4 is 9.47 Å². The van der Waals surface area contributed by atoms with Crippen LogP contribution in [0.1, 0.15) is 55.7 Å². The van der Waals surface area contributed by atoms with E-state index in [9.17, 15) is 0 Å². The summed E-state index contributed by atoms with van der Waals surface area (Å²) in [7, 11) is 1.70. The Bertz CT molecular complexity index is 907. The number of methoxy groups -OCH3 is 1. The van der Waals surface area contributed by atoms with Gasteiger partial charge in [-0.25, -0.2) is 5.01 Å². The zero-order valence-corrected chi connectivity index (χ0v) is 16.9. The number of halogens is 1. The molecule has 28 heavy (non-hydrogen) atoms. The minimum absolute atomic E-state index is 0.00193. The predicted octanol–water partition coefficient (Wildman–Crippen LogP) is 5.80. The van der Waals surface area contributed by atoms with Crippen molar-refractivity contribution < 1.29 is 9.47 Å². The molecule has 2 atom stereocenters. The normalized spacial score (nSPS) is 24.2. The molecule has 3 aliphatic rings. The second-order valence-corrected chi connectivity index (χ2v) is 8.40. The van der Waals surface area contributed by atoms with Gasteiger partial charge in [0.25, 0.3) is 0 Å². The Kier molecular flexibility index (Phi) is 4.67. The van der Waals surface area contributed by atoms with Gasteiger partial charge in [-0.3, -0.25) is 0 Å². The van der Waals surface area contributed by atoms with Crippen molar-refractivity contribution in [1.82, 2.24) is 5.01 Å². The van der Waals surface area contributed by atoms with Crippen LogP contribution in [0.3, 0.4) is 0 Å². The maximum Gasteiger partial charge on any atom is 0.190 e. The quantitative estimate of drug-likeness (QED) is 0.657. The third kappa shape index (κ3) is 3.14. The molecular weight excluding hydrogens is 372 g/mol. The molecule has 0 spiro atoms. The number of rotatable bonds is 3. The van der Waals surface area contributed by atoms with Crippen LogP contribution in [0.15, 0.2) is 47.6 Å². The fraction of sp³-hybridized carbons (Fsp3) is 0.435. The van der Waals surface area contributed by atoms with Gasteiger partial charge in [-0.2, -0.15) is 5.10 Å². The fourth-order valence-corrected chi connectivity index (χ4v) is 4.97. The summed E-state index contributed by atoms with van der Waals surface area (Å²) in [5.74, 6) is 2.34. The summed E-state index contributed by atoms with van der Waals surface area (Å²) >= 11 is 6.32. The fourth-order valence-electron chi connectivity index (χ4n) is 4.79. The van der Waals surface area contributed by atoms with Gasteiger partial charge in [0.05, 0.1) is 18.9 Å². The number of benzene rings is 2. The summed E-state index contributed by atoms with van der Waals surface area (Å²) in [4.78, 5) is 0. The first-order valence-corrected chi connectivity index (χ1v) is 10.6. The summed E-state index contributed by atoms with van der Waals surface area (Å²) in [6, 6.07) is 14.3. The van der Waals surface area contributed by atoms with Crippen LogP contribution in [0.5, 0.6) is 11.5 Å². The number of hydrogen-bond acceptors (Lipinski definition) is 4. The van der Waals surface area contributed by atoms with Crippen LogP contribution in [-0.4, -0.2) is 24.1 Å². The monoisotopic (exact) mass is 396 g/mol. The first kappa shape index (κ1) is 17.9. The molecule has 2 heterocycles. The first-order chi connectivity index (χ1) is 13.7. The standard InChI is InChI=1S/C23H25ClN2O2/c1-27-18-9-5-8-16(12-18)20-14-21-19-13-17(24)10-11-22(19)28-23(26(21)25-20)15-6-3-2-4-7-15/h5,8-13,15,21,23H,2-4,6-7,14H2,1H3/t21-,23-/m1/s1. The van der Waals surface area contributed by atoms with Crippen LogP contribution in [0.25, 0.3) is 0 Å². The third-order valence-electron chi connectivity index (χ3n) is 6.24. The largest absolute Gasteiger partial charge is 0.497 e. The van der Waals surface area contributed by atoms with Gasteiger partial charge in [0.2, 0.25) is 0 Å². The van der Waals surface area contributed by atoms with Crippen molar-refractivity contribution in [3.05, 3.63) is 58.6 Å². The number of fused-ring (bicyclic) bond motifs is 3. The molecule has 2 aromatic rings. The maximum atomic E-state index is 6.50. The molecule has 0 aromatic heterocycles. The number of hydrogen-bond donors (Lipinski definition) is 0. The minimum Gasteiger partial charge on any atom is -0.497 e. The third-order valence-corrected chi connectivity index (χ3v) is 6.47. The lowest BCUT2D eigenvalue weighted by Gasteiger charge is -2.42. The van der Waals surface area contributed by atoms with Crippen LogP contribution in [0.4, 0.5) is 0 Å². The SMILES string of the molecule is COc1cccc(C2=NN3[C@H](C2)c2cc(Cl)ccc2O[C@@H]3C2CCCCC2)c1. The lowest BCUT2D eigenvalue weighted by molar-refractivity contribution is -0.0643. The van der Waals surface area contributed by atoms with Crippen LogP contribution in [0, 0.1) is 5.92 Å². The van der Waals surface area contributed by atoms with Crippen LogP contribution in [0.2, 0.25) is 5.02 Å². The first-order valence-electron chi connectivity index (χ1n) is 10.2. The summed E-state index contributed by atoms with van der Waals surface area (Å²) in [6.45, 7) is 0. The van der Waals surface area contributed by atoms with E-state index in [2.05, 4.69) is 17.1 Å². The van der Waals surface area contributed by atoms with Crippen LogP contribution in [-0.2, 0) is 0 Å². The molecule has 146 valence electrons. The topological polar surface area (TPSA) is 34.1 Å². The van der Waals surface area contributed by atoms with E-state index >= 15 is 0 Å². The zero-order valence-electron chi connectivity index (χ0n) is 16.1. The lowest BCUT2D eigenvalue weighted by atomic mass is 9.86. The molecule has 0 saturated heterocycles. The van der Waals surface area contributed by atoms with E-state index in [0.29, 0.717) is 5.92 Å². The molecule has 0 bridgehead atoms. The summed E-state index contributed by atoms with van der Waals surface area (Å²) in [5.41, 5.74) is 3.34. The highest BCUT2D eigenvalue weighted by Crippen LogP contribution is 2.47. The van der Waals surface area contributed by atoms with Gasteiger partial charge >= 0.3 is 0 Å². The predicted molar refractivity (Wildman–Crippen MR) is 111 cm³/mol. The Balaban J connectivity index is 1.53. The van der Waals surface area contributed by atoms with E-state index in [-0.39, 0.29) is 12.3 Å². The van der Waals surface area contributed by atoms with Gasteiger partial charge in [0, 0.05) is 28.5 Å². The highest BCUT2D eigenvalue weighted by Gasteiger charge is 2.43. The van der Waals surface area contributed by atoms with Gasteiger partial charge in [0.1, 0.15) is 11.5 Å². The van der Waals surface area contributed by atoms with Gasteiger partial charge in [-0.15, -0.1) is 0 Å². The second kappa shape index (κ2) is 7.32. The highest BCUT2D eigenvalue weighted by atomic mass is 35.5. The Morgan fingerprint density at radius 3 is 2.79 bits per heavy atom. The molecule has 1 aliphatic carbocycles. The highest BCUT2D eigenvalue weighted by molar-refractivity contribution is 6.30. The smallest absolute Gasteiger partial charge is 0.190 e. The van der Waals surface area contributed by atoms with Crippen molar-refractivity contribution >= 4 is 17.3 Å². The van der Waals surface area contributed by atoms with E-state index in [0.717, 1.165) is 39.8 Å². The number of hydrazone groups is 1. The van der Waals surface area contributed by atoms with Gasteiger partial charge in [0.15, 0.2) is 6.23 Å². The Hall–Kier alpha value is -2.20. The summed E-state index contributed by atoms with van der Waals surface area (Å²) in [6.07, 6.45) is 7.17. The summed E-state index contributed by atoms with van der Waals surface area (Å²) < 4.78 is 11.9. The van der Waals surface area contributed by atoms with E-state index in [4.69, 9.17) is 26.2 Å². The van der Waals surface area contributed by atoms with E-state index in [1.54, 1.807) is 7.11 Å². The molecule has 2 aromatic carbocycles. The molecule has 0 amide bonds. The molecule has 1 saturated carbocycles. The van der Waals surface area contributed by atoms with E-state index in [1.165, 1.54) is 32.1 Å². The van der Waals surface area contributed by atoms with E-state index in [1.807, 2.05) is 30.3 Å². The van der Waals surface area contributed by atoms with Crippen molar-refractivity contribution in [2.24, 2.45) is 11.0 Å². The Morgan fingerprint density at radius 1 is 1.11 bits per heavy atom. The van der Waals surface area contributed by atoms with E-state index < -0.39 is 0 Å². The second-order valence-electron chi connectivity index (χ2n) is 7.97. The van der Waals surface area contributed by atoms with Crippen molar-refractivity contribution in [2.45, 2.75) is 50.8 Å². The number of ether oxygens (including phenoxy) is 2. The molecule has 5 heteroatoms. The molecule has 4 nitrogen and oxygen atoms in total. The molecule has 5 rings (SSSR count). The van der Waals surface area contributed by atoms with Crippen molar-refractivity contribution in [1.29, 1.82) is 0 Å². The van der Waals surface area contributed by atoms with Gasteiger partial charge < -0.3 is 9.47 Å². The van der Waals surface area contributed by atoms with Crippen LogP contribution >= 0.6 is 11.6 Å². The number of nitrogens with zero attached hydrogens (tertiary/aromatic N) is 2. The average molecular weight is 397 g/mol. The van der Waals surface area contributed by atoms with Crippen molar-refractivity contribution in [2.75, 3.05) is 7.11 Å². The average Bonchev–Trinajstić information content (AvgIpc) is 3.20. The molecule has 2 aliphatic heterocycles. The Labute approximate surface area is 171 Å². The Morgan fingerprint density at radius 2 is 1.96 bits per heavy atom. The lowest BCUT2D eigenvalue weighted by Crippen LogP contribution is -2.45. The summed E-state index contributed by atoms with van der Waals surface area (Å²) in [5, 5.41) is 8.02. The zero-order chi connectivity index (χ0) is 19.1. The molecular formula is C23H25ClN2O2. The molecule has 0 radical (unpaired) electrons. The minimum atomic E-state index is 0.00193.